The van der Waals surface area contributed by atoms with Crippen LogP contribution < -0.4 is 0 Å². The van der Waals surface area contributed by atoms with Gasteiger partial charge >= 0.3 is 8.84 Å². The van der Waals surface area contributed by atoms with E-state index in [4.69, 9.17) is 0 Å². The predicted molar refractivity (Wildman–Crippen MR) is 121 cm³/mol. The Morgan fingerprint density at radius 1 is 0.964 bits per heavy atom. The summed E-state index contributed by atoms with van der Waals surface area (Å²) in [6.07, 6.45) is 3.23. The molecule has 2 aromatic carbocycles. The zero-order valence-corrected chi connectivity index (χ0v) is 21.1. The molecule has 0 heterocycles. The number of halogens is 2. The smallest absolute Gasteiger partial charge is 0.375 e. The van der Waals surface area contributed by atoms with E-state index >= 15 is 0 Å². The quantitative estimate of drug-likeness (QED) is 0.508. The molecule has 1 atom stereocenters. The van der Waals surface area contributed by atoms with Gasteiger partial charge in [0.05, 0.1) is 0 Å². The van der Waals surface area contributed by atoms with Crippen LogP contribution in [0, 0.1) is 0 Å². The van der Waals surface area contributed by atoms with Crippen LogP contribution in [0.3, 0.4) is 0 Å². The third kappa shape index (κ3) is 6.40. The van der Waals surface area contributed by atoms with Gasteiger partial charge in [0, 0.05) is 46.3 Å². The van der Waals surface area contributed by atoms with Crippen molar-refractivity contribution in [2.45, 2.75) is 44.7 Å². The zero-order chi connectivity index (χ0) is 18.0. The van der Waals surface area contributed by atoms with Crippen molar-refractivity contribution in [3.8, 4) is 0 Å². The Balaban J connectivity index is 0.00000243. The van der Waals surface area contributed by atoms with Gasteiger partial charge in [0.2, 0.25) is 0 Å². The minimum absolute atomic E-state index is 0. The van der Waals surface area contributed by atoms with Crippen LogP contribution >= 0.6 is 24.8 Å². The summed E-state index contributed by atoms with van der Waals surface area (Å²) in [5.41, 5.74) is 5.24. The van der Waals surface area contributed by atoms with Crippen molar-refractivity contribution in [1.29, 1.82) is 0 Å². The fourth-order valence-corrected chi connectivity index (χ4v) is 5.25. The van der Waals surface area contributed by atoms with Crippen LogP contribution in [0.5, 0.6) is 0 Å². The summed E-state index contributed by atoms with van der Waals surface area (Å²) in [5, 5.41) is 0. The topological polar surface area (TPSA) is 20.3 Å². The molecule has 0 amide bonds. The second-order valence-corrected chi connectivity index (χ2v) is 9.76. The largest absolute Gasteiger partial charge is 0.395 e. The molecule has 0 saturated carbocycles. The Kier molecular flexibility index (Phi) is 11.2. The maximum absolute atomic E-state index is 13.0. The average molecular weight is 470 g/mol. The third-order valence-electron chi connectivity index (χ3n) is 5.17. The summed E-state index contributed by atoms with van der Waals surface area (Å²) < 4.78 is 15.1. The van der Waals surface area contributed by atoms with Gasteiger partial charge in [-0.25, -0.2) is 0 Å². The molecule has 0 saturated heterocycles. The van der Waals surface area contributed by atoms with Crippen LogP contribution in [0.1, 0.15) is 43.4 Å². The minimum atomic E-state index is -1.83. The van der Waals surface area contributed by atoms with Crippen molar-refractivity contribution >= 4 is 39.7 Å². The van der Waals surface area contributed by atoms with E-state index in [9.17, 15) is 4.46 Å². The van der Waals surface area contributed by atoms with Gasteiger partial charge in [0.25, 0.3) is 0 Å². The molecule has 0 fully saturated rings. The molecule has 0 aliphatic heterocycles. The third-order valence-corrected chi connectivity index (χ3v) is 7.35. The maximum atomic E-state index is 13.0. The van der Waals surface area contributed by atoms with Crippen molar-refractivity contribution in [1.82, 2.24) is 4.57 Å². The van der Waals surface area contributed by atoms with Gasteiger partial charge in [0.1, 0.15) is 0 Å². The summed E-state index contributed by atoms with van der Waals surface area (Å²) in [5.74, 6) is 0.257. The summed E-state index contributed by atoms with van der Waals surface area (Å²) in [4.78, 5) is 0. The molecular weight excluding hydrogens is 441 g/mol. The van der Waals surface area contributed by atoms with Crippen LogP contribution in [0.4, 0.5) is 0 Å². The van der Waals surface area contributed by atoms with E-state index in [1.807, 2.05) is 7.05 Å². The van der Waals surface area contributed by atoms with Crippen LogP contribution in [-0.2, 0) is 32.6 Å². The van der Waals surface area contributed by atoms with E-state index in [1.54, 1.807) is 0 Å². The van der Waals surface area contributed by atoms with Crippen molar-refractivity contribution in [2.24, 2.45) is 0 Å². The van der Waals surface area contributed by atoms with E-state index in [0.29, 0.717) is 6.04 Å². The standard InChI is InChI=1S/C22H27NOSi.2ClH.Ti/c1-22(2,3)23(4)25(24)16-21-19(14-17-10-6-5-7-11-17)15-18-12-8-9-13-20(18)21;;;/h5-13,15,21H,14,16H2,1-4H3;2*1H;. The van der Waals surface area contributed by atoms with Gasteiger partial charge in [-0.05, 0) is 43.9 Å². The maximum Gasteiger partial charge on any atom is 0.395 e. The van der Waals surface area contributed by atoms with Gasteiger partial charge in [-0.3, -0.25) is 0 Å². The summed E-state index contributed by atoms with van der Waals surface area (Å²) >= 11 is 0. The van der Waals surface area contributed by atoms with Crippen molar-refractivity contribution in [3.05, 3.63) is 76.9 Å². The fourth-order valence-electron chi connectivity index (χ4n) is 3.39. The van der Waals surface area contributed by atoms with E-state index < -0.39 is 8.84 Å². The second-order valence-electron chi connectivity index (χ2n) is 7.89. The van der Waals surface area contributed by atoms with Crippen molar-refractivity contribution in [3.63, 3.8) is 0 Å². The number of allylic oxidation sites excluding steroid dienone is 1. The molecule has 0 spiro atoms. The zero-order valence-electron chi connectivity index (χ0n) is 16.9. The Bertz CT molecular complexity index is 806. The molecule has 2 aromatic rings. The first-order chi connectivity index (χ1) is 11.9. The van der Waals surface area contributed by atoms with E-state index in [0.717, 1.165) is 6.42 Å². The monoisotopic (exact) mass is 469 g/mol. The van der Waals surface area contributed by atoms with Gasteiger partial charge in [0.15, 0.2) is 0 Å². The summed E-state index contributed by atoms with van der Waals surface area (Å²) in [6.45, 7) is 6.37. The number of hydrogen-bond acceptors (Lipinski definition) is 1. The Labute approximate surface area is 198 Å². The molecule has 0 bridgehead atoms. The van der Waals surface area contributed by atoms with Gasteiger partial charge < -0.3 is 9.03 Å². The van der Waals surface area contributed by atoms with Crippen molar-refractivity contribution in [2.75, 3.05) is 7.05 Å². The SMILES string of the molecule is CN([Si](=O)CC1C(Cc2ccccc2)=Cc2ccccc21)C(C)(C)C.Cl.Cl.[Ti]. The van der Waals surface area contributed by atoms with Gasteiger partial charge in [-0.1, -0.05) is 66.2 Å². The molecule has 28 heavy (non-hydrogen) atoms. The van der Waals surface area contributed by atoms with Crippen molar-refractivity contribution < 1.29 is 26.2 Å². The molecule has 1 aliphatic rings. The molecule has 6 heteroatoms. The number of fused-ring (bicyclic) bond motifs is 1. The Morgan fingerprint density at radius 3 is 2.14 bits per heavy atom. The molecule has 0 aromatic heterocycles. The first-order valence-corrected chi connectivity index (χ1v) is 10.5. The summed E-state index contributed by atoms with van der Waals surface area (Å²) in [7, 11) is 0.158. The Morgan fingerprint density at radius 2 is 1.54 bits per heavy atom. The van der Waals surface area contributed by atoms with Crippen LogP contribution in [0.15, 0.2) is 60.2 Å². The second kappa shape index (κ2) is 11.5. The normalized spacial score (nSPS) is 14.6. The molecule has 0 N–H and O–H groups in total. The number of rotatable bonds is 5. The Hall–Kier alpha value is -0.709. The number of hydrogen-bond donors (Lipinski definition) is 0. The van der Waals surface area contributed by atoms with Gasteiger partial charge in [-0.2, -0.15) is 0 Å². The van der Waals surface area contributed by atoms with Crippen LogP contribution in [-0.4, -0.2) is 26.0 Å². The molecule has 150 valence electrons. The first-order valence-electron chi connectivity index (χ1n) is 8.96. The molecule has 1 aliphatic carbocycles. The number of benzene rings is 2. The predicted octanol–water partition coefficient (Wildman–Crippen LogP) is 5.90. The summed E-state index contributed by atoms with van der Waals surface area (Å²) in [6, 6.07) is 19.8. The molecule has 0 radical (unpaired) electrons. The minimum Gasteiger partial charge on any atom is -0.375 e. The molecular formula is C22H29Cl2NOSiTi. The van der Waals surface area contributed by atoms with E-state index in [2.05, 4.69) is 86.0 Å². The van der Waals surface area contributed by atoms with E-state index in [1.165, 1.54) is 22.3 Å². The molecule has 2 nitrogen and oxygen atoms in total. The van der Waals surface area contributed by atoms with Crippen LogP contribution in [0.25, 0.3) is 6.08 Å². The average Bonchev–Trinajstić information content (AvgIpc) is 2.91. The fraction of sp³-hybridized carbons (Fsp3) is 0.364. The molecule has 3 rings (SSSR count). The number of nitrogens with zero attached hydrogens (tertiary/aromatic N) is 1. The van der Waals surface area contributed by atoms with E-state index in [-0.39, 0.29) is 58.0 Å². The van der Waals surface area contributed by atoms with Gasteiger partial charge in [-0.15, -0.1) is 24.8 Å². The van der Waals surface area contributed by atoms with Crippen LogP contribution in [0.2, 0.25) is 6.04 Å². The molecule has 1 unspecified atom stereocenters. The first kappa shape index (κ1) is 27.3.